The number of morpholine rings is 1. The van der Waals surface area contributed by atoms with E-state index in [1.54, 1.807) is 9.80 Å². The summed E-state index contributed by atoms with van der Waals surface area (Å²) in [5.74, 6) is -0.199. The highest BCUT2D eigenvalue weighted by Crippen LogP contribution is 2.23. The largest absolute Gasteiger partial charge is 0.376 e. The number of aromatic nitrogens is 2. The van der Waals surface area contributed by atoms with Gasteiger partial charge in [0.2, 0.25) is 5.91 Å². The molecule has 0 saturated carbocycles. The Morgan fingerprint density at radius 1 is 1.17 bits per heavy atom. The molecular formula is C15H20N4O4. The highest BCUT2D eigenvalue weighted by Gasteiger charge is 2.42. The number of hydrogen-bond acceptors (Lipinski definition) is 6. The SMILES string of the molecule is CC(=O)N1CCOC[C@@]2(C1)CN(C(=O)c1cnccn1)CCO2. The standard InChI is InChI=1S/C15H20N4O4/c1-12(20)18-4-6-22-11-15(9-18)10-19(5-7-23-15)14(21)13-8-16-2-3-17-13/h2-3,8H,4-7,9-11H2,1H3/t15-/m1/s1. The van der Waals surface area contributed by atoms with Crippen LogP contribution in [0, 0.1) is 0 Å². The van der Waals surface area contributed by atoms with E-state index in [1.807, 2.05) is 0 Å². The maximum atomic E-state index is 12.6. The monoisotopic (exact) mass is 320 g/mol. The first kappa shape index (κ1) is 15.8. The third-order valence-corrected chi connectivity index (χ3v) is 4.11. The van der Waals surface area contributed by atoms with E-state index >= 15 is 0 Å². The number of rotatable bonds is 1. The predicted octanol–water partition coefficient (Wildman–Crippen LogP) is -0.433. The van der Waals surface area contributed by atoms with E-state index in [1.165, 1.54) is 25.5 Å². The van der Waals surface area contributed by atoms with Crippen molar-refractivity contribution in [1.82, 2.24) is 19.8 Å². The highest BCUT2D eigenvalue weighted by atomic mass is 16.5. The van der Waals surface area contributed by atoms with Gasteiger partial charge in [-0.2, -0.15) is 0 Å². The van der Waals surface area contributed by atoms with Gasteiger partial charge in [-0.1, -0.05) is 0 Å². The average Bonchev–Trinajstić information content (AvgIpc) is 2.78. The predicted molar refractivity (Wildman–Crippen MR) is 79.7 cm³/mol. The minimum atomic E-state index is -0.682. The van der Waals surface area contributed by atoms with Crippen LogP contribution in [0.25, 0.3) is 0 Å². The Bertz CT molecular complexity index is 582. The van der Waals surface area contributed by atoms with E-state index in [9.17, 15) is 9.59 Å². The molecule has 3 rings (SSSR count). The summed E-state index contributed by atoms with van der Waals surface area (Å²) in [5, 5.41) is 0. The zero-order valence-corrected chi connectivity index (χ0v) is 13.1. The summed E-state index contributed by atoms with van der Waals surface area (Å²) < 4.78 is 11.6. The zero-order valence-electron chi connectivity index (χ0n) is 13.1. The summed E-state index contributed by atoms with van der Waals surface area (Å²) in [5.41, 5.74) is -0.374. The molecule has 2 saturated heterocycles. The van der Waals surface area contributed by atoms with E-state index < -0.39 is 5.60 Å². The zero-order chi connectivity index (χ0) is 16.3. The minimum Gasteiger partial charge on any atom is -0.376 e. The molecule has 23 heavy (non-hydrogen) atoms. The number of hydrogen-bond donors (Lipinski definition) is 0. The second-order valence-electron chi connectivity index (χ2n) is 5.84. The van der Waals surface area contributed by atoms with E-state index in [0.29, 0.717) is 51.7 Å². The first-order valence-electron chi connectivity index (χ1n) is 7.62. The lowest BCUT2D eigenvalue weighted by Gasteiger charge is -2.43. The summed E-state index contributed by atoms with van der Waals surface area (Å²) in [7, 11) is 0. The van der Waals surface area contributed by atoms with Crippen molar-refractivity contribution in [1.29, 1.82) is 0 Å². The van der Waals surface area contributed by atoms with Gasteiger partial charge in [0, 0.05) is 32.4 Å². The molecule has 2 aliphatic rings. The molecule has 8 heteroatoms. The van der Waals surface area contributed by atoms with Gasteiger partial charge in [-0.15, -0.1) is 0 Å². The molecule has 2 amide bonds. The van der Waals surface area contributed by atoms with Gasteiger partial charge in [-0.25, -0.2) is 4.98 Å². The summed E-state index contributed by atoms with van der Waals surface area (Å²) in [4.78, 5) is 35.7. The van der Waals surface area contributed by atoms with E-state index in [0.717, 1.165) is 0 Å². The second kappa shape index (κ2) is 6.59. The third kappa shape index (κ3) is 3.48. The molecular weight excluding hydrogens is 300 g/mol. The smallest absolute Gasteiger partial charge is 0.274 e. The third-order valence-electron chi connectivity index (χ3n) is 4.11. The number of carbonyl (C=O) groups is 2. The molecule has 0 aliphatic carbocycles. The van der Waals surface area contributed by atoms with Crippen molar-refractivity contribution in [2.24, 2.45) is 0 Å². The van der Waals surface area contributed by atoms with Crippen LogP contribution in [0.2, 0.25) is 0 Å². The fourth-order valence-corrected chi connectivity index (χ4v) is 2.95. The maximum absolute atomic E-state index is 12.6. The van der Waals surface area contributed by atoms with Gasteiger partial charge >= 0.3 is 0 Å². The van der Waals surface area contributed by atoms with Crippen LogP contribution in [0.4, 0.5) is 0 Å². The van der Waals surface area contributed by atoms with Crippen molar-refractivity contribution < 1.29 is 19.1 Å². The number of nitrogens with zero attached hydrogens (tertiary/aromatic N) is 4. The Labute approximate surface area is 134 Å². The topological polar surface area (TPSA) is 84.9 Å². The summed E-state index contributed by atoms with van der Waals surface area (Å²) in [6.45, 7) is 4.59. The molecule has 8 nitrogen and oxygen atoms in total. The van der Waals surface area contributed by atoms with E-state index in [4.69, 9.17) is 9.47 Å². The molecule has 1 aromatic rings. The summed E-state index contributed by atoms with van der Waals surface area (Å²) in [6.07, 6.45) is 4.48. The lowest BCUT2D eigenvalue weighted by molar-refractivity contribution is -0.145. The minimum absolute atomic E-state index is 0.0177. The van der Waals surface area contributed by atoms with Crippen LogP contribution >= 0.6 is 0 Å². The molecule has 2 aliphatic heterocycles. The van der Waals surface area contributed by atoms with Crippen LogP contribution in [0.5, 0.6) is 0 Å². The number of amides is 2. The van der Waals surface area contributed by atoms with E-state index in [-0.39, 0.29) is 11.8 Å². The van der Waals surface area contributed by atoms with Crippen LogP contribution < -0.4 is 0 Å². The Hall–Kier alpha value is -2.06. The molecule has 0 N–H and O–H groups in total. The Morgan fingerprint density at radius 2 is 1.96 bits per heavy atom. The van der Waals surface area contributed by atoms with Gasteiger partial charge in [0.25, 0.3) is 5.91 Å². The van der Waals surface area contributed by atoms with Crippen LogP contribution in [0.15, 0.2) is 18.6 Å². The fraction of sp³-hybridized carbons (Fsp3) is 0.600. The lowest BCUT2D eigenvalue weighted by atomic mass is 10.0. The van der Waals surface area contributed by atoms with Crippen LogP contribution in [0.1, 0.15) is 17.4 Å². The van der Waals surface area contributed by atoms with E-state index in [2.05, 4.69) is 9.97 Å². The van der Waals surface area contributed by atoms with Crippen molar-refractivity contribution in [2.75, 3.05) is 46.0 Å². The highest BCUT2D eigenvalue weighted by molar-refractivity contribution is 5.92. The second-order valence-corrected chi connectivity index (χ2v) is 5.84. The molecule has 3 heterocycles. The van der Waals surface area contributed by atoms with Crippen molar-refractivity contribution in [2.45, 2.75) is 12.5 Å². The normalized spacial score (nSPS) is 25.3. The van der Waals surface area contributed by atoms with Gasteiger partial charge in [-0.05, 0) is 0 Å². The quantitative estimate of drug-likeness (QED) is 0.698. The molecule has 1 atom stereocenters. The molecule has 1 aromatic heterocycles. The van der Waals surface area contributed by atoms with Crippen molar-refractivity contribution in [3.8, 4) is 0 Å². The van der Waals surface area contributed by atoms with Gasteiger partial charge in [0.1, 0.15) is 11.3 Å². The van der Waals surface area contributed by atoms with Crippen molar-refractivity contribution in [3.05, 3.63) is 24.3 Å². The molecule has 0 unspecified atom stereocenters. The molecule has 0 radical (unpaired) electrons. The van der Waals surface area contributed by atoms with Gasteiger partial charge in [0.05, 0.1) is 39.1 Å². The summed E-state index contributed by atoms with van der Waals surface area (Å²) >= 11 is 0. The molecule has 0 bridgehead atoms. The van der Waals surface area contributed by atoms with Crippen LogP contribution in [0.3, 0.4) is 0 Å². The fourth-order valence-electron chi connectivity index (χ4n) is 2.95. The number of ether oxygens (including phenoxy) is 2. The molecule has 1 spiro atoms. The maximum Gasteiger partial charge on any atom is 0.274 e. The molecule has 2 fully saturated rings. The van der Waals surface area contributed by atoms with Gasteiger partial charge in [-0.3, -0.25) is 14.6 Å². The first-order chi connectivity index (χ1) is 11.1. The first-order valence-corrected chi connectivity index (χ1v) is 7.62. The van der Waals surface area contributed by atoms with Gasteiger partial charge < -0.3 is 19.3 Å². The van der Waals surface area contributed by atoms with Crippen molar-refractivity contribution in [3.63, 3.8) is 0 Å². The van der Waals surface area contributed by atoms with Crippen LogP contribution in [-0.4, -0.2) is 83.2 Å². The average molecular weight is 320 g/mol. The Morgan fingerprint density at radius 3 is 2.70 bits per heavy atom. The Balaban J connectivity index is 1.76. The van der Waals surface area contributed by atoms with Crippen molar-refractivity contribution >= 4 is 11.8 Å². The summed E-state index contributed by atoms with van der Waals surface area (Å²) in [6, 6.07) is 0. The van der Waals surface area contributed by atoms with Gasteiger partial charge in [0.15, 0.2) is 0 Å². The Kier molecular flexibility index (Phi) is 4.53. The molecule has 0 aromatic carbocycles. The van der Waals surface area contributed by atoms with Crippen LogP contribution in [-0.2, 0) is 14.3 Å². The lowest BCUT2D eigenvalue weighted by Crippen LogP contribution is -2.60. The number of carbonyl (C=O) groups excluding carboxylic acids is 2. The molecule has 124 valence electrons.